The van der Waals surface area contributed by atoms with Crippen molar-refractivity contribution in [2.24, 2.45) is 5.73 Å². The van der Waals surface area contributed by atoms with E-state index in [1.165, 1.54) is 0 Å². The number of methoxy groups -OCH3 is 1. The van der Waals surface area contributed by atoms with Crippen molar-refractivity contribution in [3.63, 3.8) is 0 Å². The number of carbonyl (C=O) groups is 1. The van der Waals surface area contributed by atoms with Crippen LogP contribution < -0.4 is 20.5 Å². The average Bonchev–Trinajstić information content (AvgIpc) is 2.72. The highest BCUT2D eigenvalue weighted by molar-refractivity contribution is 5.86. The average molecular weight is 405 g/mol. The third-order valence-corrected chi connectivity index (χ3v) is 5.12. The van der Waals surface area contributed by atoms with E-state index in [1.54, 1.807) is 7.11 Å². The quantitative estimate of drug-likeness (QED) is 0.732. The largest absolute Gasteiger partial charge is 0.493 e. The van der Waals surface area contributed by atoms with Gasteiger partial charge in [-0.05, 0) is 36.1 Å². The van der Waals surface area contributed by atoms with Crippen LogP contribution in [0.15, 0.2) is 48.5 Å². The summed E-state index contributed by atoms with van der Waals surface area (Å²) in [6, 6.07) is 15.7. The van der Waals surface area contributed by atoms with Crippen LogP contribution in [0.2, 0.25) is 0 Å². The lowest BCUT2D eigenvalue weighted by Crippen LogP contribution is -2.54. The topological polar surface area (TPSA) is 73.6 Å². The summed E-state index contributed by atoms with van der Waals surface area (Å²) in [5.74, 6) is 1.27. The summed E-state index contributed by atoms with van der Waals surface area (Å²) in [6.07, 6.45) is 4.72. The Balaban J connectivity index is 0.00000280. The molecule has 5 nitrogen and oxygen atoms in total. The smallest absolute Gasteiger partial charge is 0.240 e. The molecule has 0 saturated heterocycles. The molecule has 3 rings (SSSR count). The first-order valence-corrected chi connectivity index (χ1v) is 9.51. The number of hydrogen-bond donors (Lipinski definition) is 2. The molecule has 0 bridgehead atoms. The second-order valence-corrected chi connectivity index (χ2v) is 7.16. The van der Waals surface area contributed by atoms with Crippen LogP contribution in [0.3, 0.4) is 0 Å². The molecule has 0 unspecified atom stereocenters. The van der Waals surface area contributed by atoms with E-state index in [0.29, 0.717) is 24.7 Å². The van der Waals surface area contributed by atoms with Gasteiger partial charge in [0.15, 0.2) is 11.5 Å². The molecule has 152 valence electrons. The molecule has 1 aliphatic carbocycles. The molecule has 0 radical (unpaired) electrons. The van der Waals surface area contributed by atoms with Crippen molar-refractivity contribution in [2.75, 3.05) is 7.11 Å². The van der Waals surface area contributed by atoms with Crippen molar-refractivity contribution in [1.29, 1.82) is 0 Å². The molecule has 0 spiro atoms. The first-order chi connectivity index (χ1) is 13.1. The predicted molar refractivity (Wildman–Crippen MR) is 113 cm³/mol. The van der Waals surface area contributed by atoms with E-state index in [2.05, 4.69) is 5.32 Å². The lowest BCUT2D eigenvalue weighted by Gasteiger charge is -2.31. The Labute approximate surface area is 173 Å². The van der Waals surface area contributed by atoms with E-state index in [4.69, 9.17) is 15.2 Å². The maximum atomic E-state index is 12.5. The van der Waals surface area contributed by atoms with E-state index in [-0.39, 0.29) is 18.3 Å². The van der Waals surface area contributed by atoms with Gasteiger partial charge in [-0.1, -0.05) is 55.7 Å². The van der Waals surface area contributed by atoms with Crippen molar-refractivity contribution in [3.05, 3.63) is 59.7 Å². The Bertz CT molecular complexity index is 762. The molecule has 0 aliphatic heterocycles. The normalized spacial score (nSPS) is 15.2. The van der Waals surface area contributed by atoms with Gasteiger partial charge in [-0.2, -0.15) is 0 Å². The Morgan fingerprint density at radius 2 is 1.75 bits per heavy atom. The summed E-state index contributed by atoms with van der Waals surface area (Å²) in [7, 11) is 1.62. The third kappa shape index (κ3) is 5.63. The summed E-state index contributed by atoms with van der Waals surface area (Å²) < 4.78 is 11.3. The van der Waals surface area contributed by atoms with Gasteiger partial charge in [0.05, 0.1) is 12.6 Å². The van der Waals surface area contributed by atoms with Crippen LogP contribution in [0.1, 0.15) is 43.2 Å². The fraction of sp³-hybridized carbons (Fsp3) is 0.409. The number of rotatable bonds is 7. The van der Waals surface area contributed by atoms with E-state index < -0.39 is 5.54 Å². The van der Waals surface area contributed by atoms with Gasteiger partial charge in [0.1, 0.15) is 6.61 Å². The van der Waals surface area contributed by atoms with Gasteiger partial charge in [0.2, 0.25) is 5.91 Å². The maximum Gasteiger partial charge on any atom is 0.240 e. The first kappa shape index (κ1) is 22.1. The van der Waals surface area contributed by atoms with E-state index in [9.17, 15) is 4.79 Å². The van der Waals surface area contributed by atoms with Crippen LogP contribution in [0.5, 0.6) is 11.5 Å². The maximum absolute atomic E-state index is 12.5. The standard InChI is InChI=1S/C22H28N2O3.ClH/c1-26-20-14-18(15-24-21(25)22(23)12-6-3-7-13-22)10-11-19(20)27-16-17-8-4-2-5-9-17;/h2,4-5,8-11,14H,3,6-7,12-13,15-16,23H2,1H3,(H,24,25);1H. The van der Waals surface area contributed by atoms with Gasteiger partial charge < -0.3 is 20.5 Å². The molecule has 3 N–H and O–H groups in total. The number of amides is 1. The summed E-state index contributed by atoms with van der Waals surface area (Å²) in [6.45, 7) is 0.899. The fourth-order valence-electron chi connectivity index (χ4n) is 3.44. The van der Waals surface area contributed by atoms with Crippen molar-refractivity contribution < 1.29 is 14.3 Å². The number of halogens is 1. The van der Waals surface area contributed by atoms with Crippen LogP contribution in [0.25, 0.3) is 0 Å². The van der Waals surface area contributed by atoms with Crippen LogP contribution in [-0.4, -0.2) is 18.6 Å². The molecule has 0 atom stereocenters. The predicted octanol–water partition coefficient (Wildman–Crippen LogP) is 3.97. The van der Waals surface area contributed by atoms with E-state index >= 15 is 0 Å². The molecule has 1 fully saturated rings. The van der Waals surface area contributed by atoms with Gasteiger partial charge in [0, 0.05) is 6.54 Å². The Kier molecular flexibility index (Phi) is 8.15. The zero-order valence-corrected chi connectivity index (χ0v) is 17.1. The zero-order chi connectivity index (χ0) is 19.1. The zero-order valence-electron chi connectivity index (χ0n) is 16.3. The number of benzene rings is 2. The molecule has 28 heavy (non-hydrogen) atoms. The van der Waals surface area contributed by atoms with Gasteiger partial charge in [-0.25, -0.2) is 0 Å². The number of ether oxygens (including phenoxy) is 2. The second-order valence-electron chi connectivity index (χ2n) is 7.16. The molecule has 0 heterocycles. The fourth-order valence-corrected chi connectivity index (χ4v) is 3.44. The van der Waals surface area contributed by atoms with Crippen LogP contribution >= 0.6 is 12.4 Å². The Hall–Kier alpha value is -2.24. The molecular weight excluding hydrogens is 376 g/mol. The van der Waals surface area contributed by atoms with Gasteiger partial charge in [-0.3, -0.25) is 4.79 Å². The molecule has 2 aromatic rings. The lowest BCUT2D eigenvalue weighted by atomic mass is 9.82. The Morgan fingerprint density at radius 1 is 1.04 bits per heavy atom. The van der Waals surface area contributed by atoms with Gasteiger partial charge in [-0.15, -0.1) is 12.4 Å². The van der Waals surface area contributed by atoms with Gasteiger partial charge in [0.25, 0.3) is 0 Å². The van der Waals surface area contributed by atoms with Crippen LogP contribution in [0, 0.1) is 0 Å². The highest BCUT2D eigenvalue weighted by Gasteiger charge is 2.34. The molecule has 1 saturated carbocycles. The minimum atomic E-state index is -0.721. The van der Waals surface area contributed by atoms with Crippen LogP contribution in [-0.2, 0) is 17.9 Å². The summed E-state index contributed by atoms with van der Waals surface area (Å²) >= 11 is 0. The summed E-state index contributed by atoms with van der Waals surface area (Å²) in [5, 5.41) is 2.98. The van der Waals surface area contributed by atoms with Crippen molar-refractivity contribution >= 4 is 18.3 Å². The molecule has 1 amide bonds. The van der Waals surface area contributed by atoms with Crippen molar-refractivity contribution in [3.8, 4) is 11.5 Å². The van der Waals surface area contributed by atoms with Crippen molar-refractivity contribution in [2.45, 2.75) is 50.8 Å². The summed E-state index contributed by atoms with van der Waals surface area (Å²) in [5.41, 5.74) is 7.61. The minimum absolute atomic E-state index is 0. The minimum Gasteiger partial charge on any atom is -0.493 e. The molecule has 1 aliphatic rings. The number of nitrogens with one attached hydrogen (secondary N) is 1. The number of nitrogens with two attached hydrogens (primary N) is 1. The highest BCUT2D eigenvalue weighted by Crippen LogP contribution is 2.29. The molecule has 6 heteroatoms. The van der Waals surface area contributed by atoms with E-state index in [0.717, 1.165) is 43.2 Å². The first-order valence-electron chi connectivity index (χ1n) is 9.51. The summed E-state index contributed by atoms with van der Waals surface area (Å²) in [4.78, 5) is 12.5. The van der Waals surface area contributed by atoms with Gasteiger partial charge >= 0.3 is 0 Å². The Morgan fingerprint density at radius 3 is 2.43 bits per heavy atom. The van der Waals surface area contributed by atoms with Crippen LogP contribution in [0.4, 0.5) is 0 Å². The third-order valence-electron chi connectivity index (χ3n) is 5.12. The lowest BCUT2D eigenvalue weighted by molar-refractivity contribution is -0.127. The highest BCUT2D eigenvalue weighted by atomic mass is 35.5. The SMILES string of the molecule is COc1cc(CNC(=O)C2(N)CCCCC2)ccc1OCc1ccccc1.Cl. The van der Waals surface area contributed by atoms with E-state index in [1.807, 2.05) is 48.5 Å². The van der Waals surface area contributed by atoms with Crippen molar-refractivity contribution in [1.82, 2.24) is 5.32 Å². The number of carbonyl (C=O) groups excluding carboxylic acids is 1. The second kappa shape index (κ2) is 10.3. The monoisotopic (exact) mass is 404 g/mol. The molecule has 0 aromatic heterocycles. The molecular formula is C22H29ClN2O3. The molecule has 2 aromatic carbocycles. The number of hydrogen-bond acceptors (Lipinski definition) is 4.